The molecule has 0 atom stereocenters. The number of carbonyl (C=O) groups is 2. The number of ether oxygens (including phenoxy) is 4. The first-order chi connectivity index (χ1) is 26.6. The predicted octanol–water partition coefficient (Wildman–Crippen LogP) is 12.1. The number of carbonyl (C=O) groups excluding carboxylic acids is 2. The van der Waals surface area contributed by atoms with Gasteiger partial charge in [-0.25, -0.2) is 4.79 Å². The minimum Gasteiger partial charge on any atom is -0.497 e. The number of esters is 1. The molecule has 0 aromatic heterocycles. The molecule has 1 aliphatic rings. The van der Waals surface area contributed by atoms with Crippen molar-refractivity contribution < 1.29 is 28.5 Å². The molecule has 0 saturated heterocycles. The van der Waals surface area contributed by atoms with Crippen LogP contribution in [0.25, 0.3) is 22.3 Å². The van der Waals surface area contributed by atoms with E-state index >= 15 is 0 Å². The van der Waals surface area contributed by atoms with Crippen molar-refractivity contribution in [1.82, 2.24) is 0 Å². The lowest BCUT2D eigenvalue weighted by Crippen LogP contribution is -2.30. The second-order valence-corrected chi connectivity index (χ2v) is 14.8. The molecule has 0 unspecified atom stereocenters. The molecule has 0 bridgehead atoms. The summed E-state index contributed by atoms with van der Waals surface area (Å²) in [6.45, 7) is 5.84. The molecular weight excluding hydrogens is 685 g/mol. The average Bonchev–Trinajstić information content (AvgIpc) is 3.22. The van der Waals surface area contributed by atoms with E-state index < -0.39 is 6.16 Å². The summed E-state index contributed by atoms with van der Waals surface area (Å²) in [7, 11) is 1.69. The summed E-state index contributed by atoms with van der Waals surface area (Å²) in [5.74, 6) is 1.91. The molecule has 55 heavy (non-hydrogen) atoms. The number of hydrogen-bond donors (Lipinski definition) is 0. The van der Waals surface area contributed by atoms with Gasteiger partial charge in [0.15, 0.2) is 0 Å². The van der Waals surface area contributed by atoms with Gasteiger partial charge >= 0.3 is 12.1 Å². The summed E-state index contributed by atoms with van der Waals surface area (Å²) < 4.78 is 21.7. The second-order valence-electron chi connectivity index (χ2n) is 14.8. The van der Waals surface area contributed by atoms with Gasteiger partial charge in [0.25, 0.3) is 0 Å². The minimum absolute atomic E-state index is 0.0703. The van der Waals surface area contributed by atoms with Gasteiger partial charge in [-0.1, -0.05) is 130 Å². The van der Waals surface area contributed by atoms with Crippen molar-refractivity contribution in [3.63, 3.8) is 0 Å². The van der Waals surface area contributed by atoms with Crippen LogP contribution in [0, 0.1) is 0 Å². The molecular formula is C49H46O6. The molecule has 0 amide bonds. The highest BCUT2D eigenvalue weighted by Gasteiger charge is 2.35. The molecule has 7 rings (SSSR count). The Kier molecular flexibility index (Phi) is 10.9. The van der Waals surface area contributed by atoms with Gasteiger partial charge in [-0.2, -0.15) is 0 Å². The van der Waals surface area contributed by atoms with Crippen LogP contribution in [-0.4, -0.2) is 19.2 Å². The SMILES string of the molecule is COc1ccc(C2(c3ccc(OC(=O)Oc4ccc(-c5ccc(C(C)(C)c6ccc(-c7ccc(OC(C)=O)cc7)cc6)cc5)cc4)cc3)CCCCC2)cc1. The minimum atomic E-state index is -0.778. The quantitative estimate of drug-likeness (QED) is 0.0794. The third-order valence-corrected chi connectivity index (χ3v) is 11.0. The fourth-order valence-electron chi connectivity index (χ4n) is 7.79. The fraction of sp³-hybridized carbons (Fsp3) is 0.224. The largest absolute Gasteiger partial charge is 0.519 e. The summed E-state index contributed by atoms with van der Waals surface area (Å²) in [4.78, 5) is 24.0. The molecule has 278 valence electrons. The molecule has 1 fully saturated rings. The predicted molar refractivity (Wildman–Crippen MR) is 217 cm³/mol. The normalized spacial score (nSPS) is 13.7. The monoisotopic (exact) mass is 730 g/mol. The first-order valence-corrected chi connectivity index (χ1v) is 18.9. The van der Waals surface area contributed by atoms with E-state index in [-0.39, 0.29) is 16.8 Å². The topological polar surface area (TPSA) is 71.1 Å². The molecule has 0 spiro atoms. The maximum absolute atomic E-state index is 12.8. The van der Waals surface area contributed by atoms with Crippen LogP contribution in [0.2, 0.25) is 0 Å². The van der Waals surface area contributed by atoms with E-state index in [2.05, 4.69) is 86.6 Å². The Bertz CT molecular complexity index is 2210. The lowest BCUT2D eigenvalue weighted by molar-refractivity contribution is -0.131. The molecule has 0 heterocycles. The average molecular weight is 731 g/mol. The Morgan fingerprint density at radius 1 is 0.473 bits per heavy atom. The molecule has 0 aliphatic heterocycles. The van der Waals surface area contributed by atoms with E-state index in [0.29, 0.717) is 17.2 Å². The van der Waals surface area contributed by atoms with Crippen molar-refractivity contribution in [2.45, 2.75) is 63.7 Å². The fourth-order valence-corrected chi connectivity index (χ4v) is 7.79. The number of hydrogen-bond acceptors (Lipinski definition) is 6. The maximum Gasteiger partial charge on any atom is 0.519 e. The van der Waals surface area contributed by atoms with Crippen LogP contribution < -0.4 is 18.9 Å². The maximum atomic E-state index is 12.8. The van der Waals surface area contributed by atoms with E-state index in [9.17, 15) is 9.59 Å². The van der Waals surface area contributed by atoms with Gasteiger partial charge in [0.2, 0.25) is 0 Å². The number of rotatable bonds is 10. The van der Waals surface area contributed by atoms with Crippen LogP contribution in [0.4, 0.5) is 4.79 Å². The smallest absolute Gasteiger partial charge is 0.497 e. The van der Waals surface area contributed by atoms with Crippen molar-refractivity contribution in [3.05, 3.63) is 168 Å². The van der Waals surface area contributed by atoms with Crippen LogP contribution in [0.15, 0.2) is 146 Å². The molecule has 1 saturated carbocycles. The van der Waals surface area contributed by atoms with Crippen LogP contribution >= 0.6 is 0 Å². The molecule has 0 N–H and O–H groups in total. The van der Waals surface area contributed by atoms with Gasteiger partial charge in [-0.3, -0.25) is 4.79 Å². The van der Waals surface area contributed by atoms with Gasteiger partial charge in [-0.15, -0.1) is 0 Å². The highest BCUT2D eigenvalue weighted by atomic mass is 16.7. The Balaban J connectivity index is 0.959. The van der Waals surface area contributed by atoms with Gasteiger partial charge in [0.05, 0.1) is 7.11 Å². The van der Waals surface area contributed by atoms with Gasteiger partial charge in [-0.05, 0) is 106 Å². The van der Waals surface area contributed by atoms with Crippen molar-refractivity contribution in [2.75, 3.05) is 7.11 Å². The second kappa shape index (κ2) is 16.1. The summed E-state index contributed by atoms with van der Waals surface area (Å²) in [6, 6.07) is 48.4. The van der Waals surface area contributed by atoms with Gasteiger partial charge in [0, 0.05) is 17.8 Å². The number of benzene rings is 6. The third kappa shape index (κ3) is 8.34. The number of methoxy groups -OCH3 is 1. The highest BCUT2D eigenvalue weighted by molar-refractivity contribution is 5.71. The molecule has 6 aromatic rings. The van der Waals surface area contributed by atoms with Crippen LogP contribution in [0.5, 0.6) is 23.0 Å². The van der Waals surface area contributed by atoms with Gasteiger partial charge in [0.1, 0.15) is 23.0 Å². The Morgan fingerprint density at radius 3 is 1.20 bits per heavy atom. The van der Waals surface area contributed by atoms with E-state index in [1.807, 2.05) is 60.7 Å². The Hall–Kier alpha value is -6.14. The van der Waals surface area contributed by atoms with E-state index in [4.69, 9.17) is 18.9 Å². The van der Waals surface area contributed by atoms with E-state index in [1.165, 1.54) is 48.4 Å². The Morgan fingerprint density at radius 2 is 0.818 bits per heavy atom. The van der Waals surface area contributed by atoms with Crippen LogP contribution in [0.3, 0.4) is 0 Å². The summed E-state index contributed by atoms with van der Waals surface area (Å²) in [5, 5.41) is 0. The molecule has 6 heteroatoms. The van der Waals surface area contributed by atoms with Crippen molar-refractivity contribution in [3.8, 4) is 45.3 Å². The van der Waals surface area contributed by atoms with Crippen molar-refractivity contribution in [1.29, 1.82) is 0 Å². The molecule has 6 nitrogen and oxygen atoms in total. The summed E-state index contributed by atoms with van der Waals surface area (Å²) >= 11 is 0. The van der Waals surface area contributed by atoms with Crippen LogP contribution in [0.1, 0.15) is 75.1 Å². The summed E-state index contributed by atoms with van der Waals surface area (Å²) in [6.07, 6.45) is 4.97. The first kappa shape index (κ1) is 37.2. The zero-order chi connectivity index (χ0) is 38.4. The third-order valence-electron chi connectivity index (χ3n) is 11.0. The van der Waals surface area contributed by atoms with Crippen molar-refractivity contribution in [2.24, 2.45) is 0 Å². The van der Waals surface area contributed by atoms with E-state index in [0.717, 1.165) is 40.8 Å². The molecule has 0 radical (unpaired) electrons. The lowest BCUT2D eigenvalue weighted by atomic mass is 9.65. The highest BCUT2D eigenvalue weighted by Crippen LogP contribution is 2.45. The summed E-state index contributed by atoms with van der Waals surface area (Å²) in [5.41, 5.74) is 8.83. The first-order valence-electron chi connectivity index (χ1n) is 18.9. The Labute approximate surface area is 323 Å². The molecule has 6 aromatic carbocycles. The van der Waals surface area contributed by atoms with Gasteiger partial charge < -0.3 is 18.9 Å². The zero-order valence-corrected chi connectivity index (χ0v) is 31.8. The van der Waals surface area contributed by atoms with Crippen LogP contribution in [-0.2, 0) is 15.6 Å². The van der Waals surface area contributed by atoms with E-state index in [1.54, 1.807) is 19.2 Å². The lowest BCUT2D eigenvalue weighted by Gasteiger charge is -2.38. The zero-order valence-electron chi connectivity index (χ0n) is 31.8. The standard InChI is InChI=1S/C49H46O6/c1-34(50)53-44-24-12-37(13-25-44)35-8-16-39(17-9-35)48(2,3)40-18-10-36(11-19-40)38-14-26-45(27-15-38)54-47(51)55-46-30-22-42(23-31-46)49(32-6-5-7-33-49)41-20-28-43(52-4)29-21-41/h8-31H,5-7,32-33H2,1-4H3. The molecule has 1 aliphatic carbocycles. The van der Waals surface area contributed by atoms with Crippen molar-refractivity contribution >= 4 is 12.1 Å².